The summed E-state index contributed by atoms with van der Waals surface area (Å²) in [6.45, 7) is 5.06. The molecule has 1 fully saturated rings. The number of rotatable bonds is 3. The third-order valence-electron chi connectivity index (χ3n) is 5.24. The number of carbonyl (C=O) groups excluding carboxylic acids is 1. The van der Waals surface area contributed by atoms with Gasteiger partial charge in [-0.1, -0.05) is 6.92 Å². The minimum absolute atomic E-state index is 0.0163. The Morgan fingerprint density at radius 2 is 2.08 bits per heavy atom. The number of hydrogen-bond acceptors (Lipinski definition) is 4. The van der Waals surface area contributed by atoms with Crippen molar-refractivity contribution in [1.82, 2.24) is 4.31 Å². The molecule has 2 aliphatic heterocycles. The zero-order chi connectivity index (χ0) is 17.5. The van der Waals surface area contributed by atoms with Gasteiger partial charge in [0.1, 0.15) is 0 Å². The lowest BCUT2D eigenvalue weighted by atomic mass is 9.93. The molecule has 0 radical (unpaired) electrons. The van der Waals surface area contributed by atoms with Crippen LogP contribution in [0.1, 0.15) is 32.3 Å². The Morgan fingerprint density at radius 1 is 1.33 bits per heavy atom. The summed E-state index contributed by atoms with van der Waals surface area (Å²) in [6, 6.07) is 4.94. The van der Waals surface area contributed by atoms with E-state index in [9.17, 15) is 13.2 Å². The van der Waals surface area contributed by atoms with Crippen molar-refractivity contribution in [2.75, 3.05) is 24.5 Å². The minimum atomic E-state index is -3.57. The van der Waals surface area contributed by atoms with Gasteiger partial charge in [-0.05, 0) is 48.9 Å². The molecule has 132 valence electrons. The Kier molecular flexibility index (Phi) is 4.68. The van der Waals surface area contributed by atoms with Gasteiger partial charge in [-0.15, -0.1) is 0 Å². The van der Waals surface area contributed by atoms with E-state index in [4.69, 9.17) is 5.73 Å². The van der Waals surface area contributed by atoms with E-state index in [1.807, 2.05) is 0 Å². The number of hydrogen-bond donors (Lipinski definition) is 1. The van der Waals surface area contributed by atoms with Gasteiger partial charge in [0, 0.05) is 38.3 Å². The number of sulfonamides is 1. The van der Waals surface area contributed by atoms with E-state index in [0.717, 1.165) is 24.1 Å². The molecule has 2 N–H and O–H groups in total. The summed E-state index contributed by atoms with van der Waals surface area (Å²) in [4.78, 5) is 13.6. The summed E-state index contributed by atoms with van der Waals surface area (Å²) in [7, 11) is -3.57. The Hall–Kier alpha value is -1.44. The lowest BCUT2D eigenvalue weighted by Crippen LogP contribution is -2.51. The third-order valence-corrected chi connectivity index (χ3v) is 7.16. The number of benzene rings is 1. The number of piperidine rings is 1. The van der Waals surface area contributed by atoms with Gasteiger partial charge in [-0.25, -0.2) is 8.42 Å². The normalized spacial score (nSPS) is 24.9. The first kappa shape index (κ1) is 17.4. The fourth-order valence-corrected chi connectivity index (χ4v) is 5.68. The summed E-state index contributed by atoms with van der Waals surface area (Å²) in [6.07, 6.45) is 2.56. The van der Waals surface area contributed by atoms with Gasteiger partial charge in [0.15, 0.2) is 0 Å². The molecule has 1 aromatic carbocycles. The maximum absolute atomic E-state index is 13.1. The first-order valence-electron chi connectivity index (χ1n) is 8.49. The Labute approximate surface area is 143 Å². The summed E-state index contributed by atoms with van der Waals surface area (Å²) >= 11 is 0. The van der Waals surface area contributed by atoms with Crippen LogP contribution in [0, 0.1) is 5.92 Å². The van der Waals surface area contributed by atoms with Gasteiger partial charge in [0.2, 0.25) is 15.9 Å². The third kappa shape index (κ3) is 2.85. The molecular weight excluding hydrogens is 326 g/mol. The lowest BCUT2D eigenvalue weighted by molar-refractivity contribution is -0.116. The molecule has 3 rings (SSSR count). The number of fused-ring (bicyclic) bond motifs is 1. The van der Waals surface area contributed by atoms with Crippen LogP contribution in [0.2, 0.25) is 0 Å². The molecule has 1 aromatic rings. The van der Waals surface area contributed by atoms with Crippen molar-refractivity contribution >= 4 is 21.6 Å². The van der Waals surface area contributed by atoms with Crippen LogP contribution in [0.3, 0.4) is 0 Å². The second kappa shape index (κ2) is 6.46. The standard InChI is InChI=1S/C17H25N3O3S/c1-12-4-3-8-20(17(12)11-18)24(22,23)15-5-6-16-14(10-15)7-9-19(16)13(2)21/h5-6,10,12,17H,3-4,7-9,11,18H2,1-2H3. The minimum Gasteiger partial charge on any atom is -0.329 e. The quantitative estimate of drug-likeness (QED) is 0.891. The highest BCUT2D eigenvalue weighted by molar-refractivity contribution is 7.89. The van der Waals surface area contributed by atoms with Crippen molar-refractivity contribution in [3.05, 3.63) is 23.8 Å². The molecule has 0 spiro atoms. The summed E-state index contributed by atoms with van der Waals surface area (Å²) < 4.78 is 27.8. The van der Waals surface area contributed by atoms with Crippen LogP contribution in [0.5, 0.6) is 0 Å². The summed E-state index contributed by atoms with van der Waals surface area (Å²) in [5.74, 6) is 0.249. The summed E-state index contributed by atoms with van der Waals surface area (Å²) in [5.41, 5.74) is 7.59. The van der Waals surface area contributed by atoms with Crippen molar-refractivity contribution in [2.45, 2.75) is 44.0 Å². The van der Waals surface area contributed by atoms with Gasteiger partial charge < -0.3 is 10.6 Å². The van der Waals surface area contributed by atoms with Crippen molar-refractivity contribution in [3.63, 3.8) is 0 Å². The SMILES string of the molecule is CC(=O)N1CCc2cc(S(=O)(=O)N3CCCC(C)C3CN)ccc21. The van der Waals surface area contributed by atoms with Crippen LogP contribution in [0.25, 0.3) is 0 Å². The monoisotopic (exact) mass is 351 g/mol. The topological polar surface area (TPSA) is 83.7 Å². The Balaban J connectivity index is 1.95. The van der Waals surface area contributed by atoms with Crippen LogP contribution in [-0.2, 0) is 21.2 Å². The van der Waals surface area contributed by atoms with Crippen LogP contribution < -0.4 is 10.6 Å². The molecule has 2 atom stereocenters. The van der Waals surface area contributed by atoms with Crippen LogP contribution in [-0.4, -0.2) is 44.3 Å². The molecule has 0 aromatic heterocycles. The Morgan fingerprint density at radius 3 is 2.75 bits per heavy atom. The van der Waals surface area contributed by atoms with E-state index in [0.29, 0.717) is 31.0 Å². The first-order chi connectivity index (χ1) is 11.4. The molecule has 24 heavy (non-hydrogen) atoms. The maximum Gasteiger partial charge on any atom is 0.243 e. The lowest BCUT2D eigenvalue weighted by Gasteiger charge is -2.38. The number of nitrogens with zero attached hydrogens (tertiary/aromatic N) is 2. The zero-order valence-electron chi connectivity index (χ0n) is 14.2. The molecule has 7 heteroatoms. The number of amides is 1. The van der Waals surface area contributed by atoms with E-state index in [-0.39, 0.29) is 17.9 Å². The predicted molar refractivity (Wildman–Crippen MR) is 93.3 cm³/mol. The average molecular weight is 351 g/mol. The van der Waals surface area contributed by atoms with Gasteiger partial charge in [0.05, 0.1) is 4.90 Å². The highest BCUT2D eigenvalue weighted by atomic mass is 32.2. The van der Waals surface area contributed by atoms with E-state index in [1.165, 1.54) is 6.92 Å². The molecule has 2 unspecified atom stereocenters. The van der Waals surface area contributed by atoms with Crippen molar-refractivity contribution in [1.29, 1.82) is 0 Å². The van der Waals surface area contributed by atoms with Crippen LogP contribution in [0.15, 0.2) is 23.1 Å². The predicted octanol–water partition coefficient (Wildman–Crippen LogP) is 1.34. The average Bonchev–Trinajstić information content (AvgIpc) is 2.97. The Bertz CT molecular complexity index is 747. The smallest absolute Gasteiger partial charge is 0.243 e. The van der Waals surface area contributed by atoms with Crippen molar-refractivity contribution in [3.8, 4) is 0 Å². The van der Waals surface area contributed by atoms with E-state index >= 15 is 0 Å². The van der Waals surface area contributed by atoms with Gasteiger partial charge in [-0.2, -0.15) is 4.31 Å². The number of nitrogens with two attached hydrogens (primary N) is 1. The largest absolute Gasteiger partial charge is 0.329 e. The highest BCUT2D eigenvalue weighted by Gasteiger charge is 2.37. The fourth-order valence-electron chi connectivity index (χ4n) is 3.86. The molecule has 0 bridgehead atoms. The molecule has 1 amide bonds. The molecule has 2 heterocycles. The first-order valence-corrected chi connectivity index (χ1v) is 9.93. The highest BCUT2D eigenvalue weighted by Crippen LogP contribution is 2.33. The zero-order valence-corrected chi connectivity index (χ0v) is 15.1. The van der Waals surface area contributed by atoms with Crippen LogP contribution in [0.4, 0.5) is 5.69 Å². The maximum atomic E-state index is 13.1. The second-order valence-electron chi connectivity index (χ2n) is 6.75. The van der Waals surface area contributed by atoms with Crippen molar-refractivity contribution in [2.24, 2.45) is 11.7 Å². The van der Waals surface area contributed by atoms with Gasteiger partial charge in [0.25, 0.3) is 0 Å². The fraction of sp³-hybridized carbons (Fsp3) is 0.588. The number of anilines is 1. The number of carbonyl (C=O) groups is 1. The molecule has 0 saturated carbocycles. The van der Waals surface area contributed by atoms with E-state index in [1.54, 1.807) is 27.4 Å². The van der Waals surface area contributed by atoms with E-state index in [2.05, 4.69) is 6.92 Å². The van der Waals surface area contributed by atoms with Crippen LogP contribution >= 0.6 is 0 Å². The second-order valence-corrected chi connectivity index (χ2v) is 8.64. The van der Waals surface area contributed by atoms with Crippen molar-refractivity contribution < 1.29 is 13.2 Å². The van der Waals surface area contributed by atoms with Gasteiger partial charge >= 0.3 is 0 Å². The molecular formula is C17H25N3O3S. The molecule has 1 saturated heterocycles. The van der Waals surface area contributed by atoms with E-state index < -0.39 is 10.0 Å². The molecule has 2 aliphatic rings. The van der Waals surface area contributed by atoms with Gasteiger partial charge in [-0.3, -0.25) is 4.79 Å². The summed E-state index contributed by atoms with van der Waals surface area (Å²) in [5, 5.41) is 0. The molecule has 6 nitrogen and oxygen atoms in total. The molecule has 0 aliphatic carbocycles.